The first kappa shape index (κ1) is 18.6. The lowest BCUT2D eigenvalue weighted by atomic mass is 9.54. The zero-order chi connectivity index (χ0) is 18.9. The molecule has 8 heteroatoms. The van der Waals surface area contributed by atoms with Crippen molar-refractivity contribution >= 4 is 23.2 Å². The van der Waals surface area contributed by atoms with E-state index in [-0.39, 0.29) is 24.9 Å². The van der Waals surface area contributed by atoms with Gasteiger partial charge in [0.05, 0.1) is 24.5 Å². The number of hydrogen-bond donors (Lipinski definition) is 2. The Labute approximate surface area is 155 Å². The minimum Gasteiger partial charge on any atom is -0.479 e. The molecule has 2 aromatic heterocycles. The van der Waals surface area contributed by atoms with E-state index in [0.29, 0.717) is 12.3 Å². The predicted octanol–water partition coefficient (Wildman–Crippen LogP) is 2.72. The molecule has 2 heterocycles. The quantitative estimate of drug-likeness (QED) is 0.768. The molecule has 26 heavy (non-hydrogen) atoms. The molecule has 2 aromatic rings. The molecule has 3 rings (SSSR count). The summed E-state index contributed by atoms with van der Waals surface area (Å²) in [6.45, 7) is 6.00. The summed E-state index contributed by atoms with van der Waals surface area (Å²) in [4.78, 5) is 28.8. The molecule has 1 fully saturated rings. The Hall–Kier alpha value is -2.19. The van der Waals surface area contributed by atoms with E-state index in [2.05, 4.69) is 10.3 Å². The lowest BCUT2D eigenvalue weighted by Gasteiger charge is -2.58. The molecule has 2 N–H and O–H groups in total. The third-order valence-corrected chi connectivity index (χ3v) is 6.08. The normalized spacial score (nSPS) is 24.0. The molecule has 2 atom stereocenters. The van der Waals surface area contributed by atoms with Crippen molar-refractivity contribution in [2.24, 2.45) is 5.41 Å². The van der Waals surface area contributed by atoms with Gasteiger partial charge in [0.15, 0.2) is 0 Å². The zero-order valence-electron chi connectivity index (χ0n) is 14.9. The fourth-order valence-electron chi connectivity index (χ4n) is 3.39. The molecule has 2 unspecified atom stereocenters. The van der Waals surface area contributed by atoms with Gasteiger partial charge in [0.25, 0.3) is 0 Å². The Morgan fingerprint density at radius 2 is 2.27 bits per heavy atom. The largest absolute Gasteiger partial charge is 0.479 e. The van der Waals surface area contributed by atoms with Crippen LogP contribution in [0.4, 0.5) is 0 Å². The second-order valence-corrected chi connectivity index (χ2v) is 7.82. The van der Waals surface area contributed by atoms with Gasteiger partial charge in [-0.3, -0.25) is 4.79 Å². The Bertz CT molecular complexity index is 798. The molecule has 0 spiro atoms. The zero-order valence-corrected chi connectivity index (χ0v) is 15.8. The highest BCUT2D eigenvalue weighted by Gasteiger charge is 2.66. The second-order valence-electron chi connectivity index (χ2n) is 6.96. The number of carboxylic acids is 1. The number of carbonyl (C=O) groups excluding carboxylic acids is 1. The monoisotopic (exact) mass is 378 g/mol. The van der Waals surface area contributed by atoms with Gasteiger partial charge in [-0.15, -0.1) is 11.3 Å². The van der Waals surface area contributed by atoms with Crippen LogP contribution in [-0.2, 0) is 20.7 Å². The highest BCUT2D eigenvalue weighted by atomic mass is 32.1. The van der Waals surface area contributed by atoms with Gasteiger partial charge < -0.3 is 19.6 Å². The van der Waals surface area contributed by atoms with Crippen molar-refractivity contribution < 1.29 is 23.8 Å². The summed E-state index contributed by atoms with van der Waals surface area (Å²) in [5.41, 5.74) is -0.576. The highest BCUT2D eigenvalue weighted by molar-refractivity contribution is 7.13. The lowest BCUT2D eigenvalue weighted by molar-refractivity contribution is -0.194. The molecule has 0 bridgehead atoms. The number of carboxylic acid groups (broad SMARTS) is 1. The van der Waals surface area contributed by atoms with Crippen LogP contribution in [0.25, 0.3) is 10.6 Å². The molecule has 0 aliphatic heterocycles. The van der Waals surface area contributed by atoms with Crippen LogP contribution >= 0.6 is 11.3 Å². The van der Waals surface area contributed by atoms with Crippen molar-refractivity contribution in [3.8, 4) is 10.6 Å². The summed E-state index contributed by atoms with van der Waals surface area (Å²) in [6.07, 6.45) is 3.24. The molecule has 1 amide bonds. The average Bonchev–Trinajstić information content (AvgIpc) is 3.24. The minimum atomic E-state index is -1.33. The first-order valence-corrected chi connectivity index (χ1v) is 9.31. The average molecular weight is 378 g/mol. The smallest absolute Gasteiger partial charge is 0.330 e. The third kappa shape index (κ3) is 3.03. The van der Waals surface area contributed by atoms with E-state index >= 15 is 0 Å². The Kier molecular flexibility index (Phi) is 4.90. The molecule has 140 valence electrons. The van der Waals surface area contributed by atoms with Crippen LogP contribution in [0.15, 0.2) is 28.4 Å². The minimum absolute atomic E-state index is 0.0266. The molecule has 1 saturated carbocycles. The van der Waals surface area contributed by atoms with Crippen LogP contribution in [0.1, 0.15) is 32.9 Å². The summed E-state index contributed by atoms with van der Waals surface area (Å²) in [6, 6.07) is 1.80. The Balaban J connectivity index is 1.69. The van der Waals surface area contributed by atoms with Gasteiger partial charge in [-0.1, -0.05) is 13.8 Å². The summed E-state index contributed by atoms with van der Waals surface area (Å²) < 4.78 is 10.6. The van der Waals surface area contributed by atoms with Gasteiger partial charge >= 0.3 is 5.97 Å². The first-order valence-electron chi connectivity index (χ1n) is 8.43. The first-order chi connectivity index (χ1) is 12.3. The number of hydrogen-bond acceptors (Lipinski definition) is 6. The maximum atomic E-state index is 12.5. The summed E-state index contributed by atoms with van der Waals surface area (Å²) in [7, 11) is 0. The number of rotatable bonds is 7. The van der Waals surface area contributed by atoms with Gasteiger partial charge in [-0.2, -0.15) is 0 Å². The van der Waals surface area contributed by atoms with Crippen LogP contribution < -0.4 is 5.32 Å². The summed E-state index contributed by atoms with van der Waals surface area (Å²) in [5, 5.41) is 15.0. The number of aromatic nitrogens is 1. The van der Waals surface area contributed by atoms with Gasteiger partial charge in [-0.05, 0) is 13.0 Å². The van der Waals surface area contributed by atoms with E-state index in [0.717, 1.165) is 10.6 Å². The SMILES string of the molecule is CCOC1CC(NC(=O)Cc2csc(-c3ccoc3)n2)(C(=O)O)C1(C)C. The maximum Gasteiger partial charge on any atom is 0.330 e. The van der Waals surface area contributed by atoms with Gasteiger partial charge in [0.2, 0.25) is 5.91 Å². The van der Waals surface area contributed by atoms with Crippen molar-refractivity contribution in [3.05, 3.63) is 29.7 Å². The van der Waals surface area contributed by atoms with Crippen molar-refractivity contribution in [2.45, 2.75) is 45.3 Å². The maximum absolute atomic E-state index is 12.5. The second kappa shape index (κ2) is 6.85. The van der Waals surface area contributed by atoms with Crippen molar-refractivity contribution in [1.82, 2.24) is 10.3 Å². The topological polar surface area (TPSA) is 102 Å². The van der Waals surface area contributed by atoms with Crippen molar-refractivity contribution in [3.63, 3.8) is 0 Å². The van der Waals surface area contributed by atoms with Crippen LogP contribution in [0.3, 0.4) is 0 Å². The summed E-state index contributed by atoms with van der Waals surface area (Å²) >= 11 is 1.41. The number of furan rings is 1. The number of thiazole rings is 1. The standard InChI is InChI=1S/C18H22N2O5S/c1-4-25-13-8-18(16(22)23,17(13,2)3)20-14(21)7-12-10-26-15(19-12)11-5-6-24-9-11/h5-6,9-10,13H,4,7-8H2,1-3H3,(H,20,21)(H,22,23). The molecule has 0 aromatic carbocycles. The molecule has 1 aliphatic rings. The van der Waals surface area contributed by atoms with Crippen molar-refractivity contribution in [2.75, 3.05) is 6.61 Å². The molecule has 0 saturated heterocycles. The van der Waals surface area contributed by atoms with E-state index in [1.165, 1.54) is 11.3 Å². The number of nitrogens with zero attached hydrogens (tertiary/aromatic N) is 1. The third-order valence-electron chi connectivity index (χ3n) is 5.14. The lowest BCUT2D eigenvalue weighted by Crippen LogP contribution is -2.76. The van der Waals surface area contributed by atoms with Crippen LogP contribution in [0.5, 0.6) is 0 Å². The number of carbonyl (C=O) groups is 2. The molecule has 7 nitrogen and oxygen atoms in total. The van der Waals surface area contributed by atoms with Crippen LogP contribution in [0.2, 0.25) is 0 Å². The van der Waals surface area contributed by atoms with Gasteiger partial charge in [0, 0.05) is 29.4 Å². The van der Waals surface area contributed by atoms with E-state index < -0.39 is 16.9 Å². The number of amides is 1. The molecule has 1 aliphatic carbocycles. The molecule has 0 radical (unpaired) electrons. The van der Waals surface area contributed by atoms with Gasteiger partial charge in [0.1, 0.15) is 16.8 Å². The predicted molar refractivity (Wildman–Crippen MR) is 95.8 cm³/mol. The van der Waals surface area contributed by atoms with E-state index in [9.17, 15) is 14.7 Å². The Morgan fingerprint density at radius 1 is 1.50 bits per heavy atom. The molecular formula is C18H22N2O5S. The number of nitrogens with one attached hydrogen (secondary N) is 1. The van der Waals surface area contributed by atoms with E-state index in [1.54, 1.807) is 24.0 Å². The van der Waals surface area contributed by atoms with Crippen LogP contribution in [-0.4, -0.2) is 40.2 Å². The van der Waals surface area contributed by atoms with E-state index in [1.807, 2.05) is 20.8 Å². The Morgan fingerprint density at radius 3 is 2.85 bits per heavy atom. The summed E-state index contributed by atoms with van der Waals surface area (Å²) in [5.74, 6) is -1.40. The fourth-order valence-corrected chi connectivity index (χ4v) is 4.20. The van der Waals surface area contributed by atoms with Crippen molar-refractivity contribution in [1.29, 1.82) is 0 Å². The highest BCUT2D eigenvalue weighted by Crippen LogP contribution is 2.51. The molecular weight excluding hydrogens is 356 g/mol. The van der Waals surface area contributed by atoms with E-state index in [4.69, 9.17) is 9.15 Å². The fraction of sp³-hybridized carbons (Fsp3) is 0.500. The number of aliphatic carboxylic acids is 1. The van der Waals surface area contributed by atoms with Gasteiger partial charge in [-0.25, -0.2) is 9.78 Å². The van der Waals surface area contributed by atoms with Crippen LogP contribution in [0, 0.1) is 5.41 Å². The number of ether oxygens (including phenoxy) is 1.